The van der Waals surface area contributed by atoms with Crippen LogP contribution < -0.4 is 5.32 Å². The lowest BCUT2D eigenvalue weighted by atomic mass is 10.1. The molecule has 3 heterocycles. The standard InChI is InChI=1S/C25H23N7O3S2/c1-2-35-21(34)14-20-28-31-25(37-20)26-19(33)15-36-24-27-23-22(29-30-24)17-10-6-7-11-18(17)32(23)13-12-16-8-4-3-5-9-16/h3-11H,2,12-15H2,1H3,(H,26,31,33). The van der Waals surface area contributed by atoms with Gasteiger partial charge in [-0.3, -0.25) is 14.9 Å². The molecule has 0 fully saturated rings. The fourth-order valence-corrected chi connectivity index (χ4v) is 5.18. The van der Waals surface area contributed by atoms with E-state index in [-0.39, 0.29) is 24.1 Å². The number of para-hydroxylation sites is 1. The molecule has 2 aromatic carbocycles. The number of aromatic nitrogens is 6. The van der Waals surface area contributed by atoms with E-state index < -0.39 is 0 Å². The fourth-order valence-electron chi connectivity index (χ4n) is 3.86. The van der Waals surface area contributed by atoms with Gasteiger partial charge < -0.3 is 9.30 Å². The predicted molar refractivity (Wildman–Crippen MR) is 143 cm³/mol. The first-order chi connectivity index (χ1) is 18.1. The summed E-state index contributed by atoms with van der Waals surface area (Å²) in [6.45, 7) is 2.78. The first kappa shape index (κ1) is 24.8. The number of benzene rings is 2. The summed E-state index contributed by atoms with van der Waals surface area (Å²) < 4.78 is 7.06. The Morgan fingerprint density at radius 1 is 1.03 bits per heavy atom. The average molecular weight is 534 g/mol. The van der Waals surface area contributed by atoms with Gasteiger partial charge in [0.2, 0.25) is 16.2 Å². The Morgan fingerprint density at radius 3 is 2.68 bits per heavy atom. The van der Waals surface area contributed by atoms with E-state index >= 15 is 0 Å². The highest BCUT2D eigenvalue weighted by Gasteiger charge is 2.16. The molecule has 0 unspecified atom stereocenters. The molecule has 0 aliphatic heterocycles. The largest absolute Gasteiger partial charge is 0.466 e. The van der Waals surface area contributed by atoms with Crippen LogP contribution in [0.25, 0.3) is 22.1 Å². The van der Waals surface area contributed by atoms with Crippen LogP contribution in [0.3, 0.4) is 0 Å². The van der Waals surface area contributed by atoms with Crippen molar-refractivity contribution in [1.29, 1.82) is 0 Å². The van der Waals surface area contributed by atoms with Gasteiger partial charge in [-0.25, -0.2) is 4.98 Å². The van der Waals surface area contributed by atoms with E-state index in [9.17, 15) is 9.59 Å². The minimum Gasteiger partial charge on any atom is -0.466 e. The fraction of sp³-hybridized carbons (Fsp3) is 0.240. The van der Waals surface area contributed by atoms with E-state index in [0.717, 1.165) is 46.4 Å². The molecule has 0 saturated heterocycles. The van der Waals surface area contributed by atoms with Crippen LogP contribution >= 0.6 is 23.1 Å². The van der Waals surface area contributed by atoms with Crippen LogP contribution in [-0.4, -0.2) is 54.2 Å². The van der Waals surface area contributed by atoms with Crippen molar-refractivity contribution in [3.8, 4) is 0 Å². The Kier molecular flexibility index (Phi) is 7.66. The Hall–Kier alpha value is -3.90. The normalized spacial score (nSPS) is 11.2. The zero-order valence-electron chi connectivity index (χ0n) is 20.0. The van der Waals surface area contributed by atoms with E-state index in [2.05, 4.69) is 48.5 Å². The molecule has 0 aliphatic carbocycles. The van der Waals surface area contributed by atoms with Gasteiger partial charge in [-0.1, -0.05) is 71.6 Å². The number of anilines is 1. The molecule has 1 amide bonds. The predicted octanol–water partition coefficient (Wildman–Crippen LogP) is 3.91. The summed E-state index contributed by atoms with van der Waals surface area (Å²) in [6, 6.07) is 18.4. The quantitative estimate of drug-likeness (QED) is 0.210. The number of carbonyl (C=O) groups excluding carboxylic acids is 2. The first-order valence-corrected chi connectivity index (χ1v) is 13.5. The summed E-state index contributed by atoms with van der Waals surface area (Å²) in [6.07, 6.45) is 0.872. The molecule has 10 nitrogen and oxygen atoms in total. The molecule has 5 aromatic rings. The molecule has 188 valence electrons. The van der Waals surface area contributed by atoms with Gasteiger partial charge in [-0.05, 0) is 25.0 Å². The smallest absolute Gasteiger partial charge is 0.312 e. The maximum absolute atomic E-state index is 12.5. The van der Waals surface area contributed by atoms with Crippen LogP contribution in [0, 0.1) is 0 Å². The molecule has 0 saturated carbocycles. The lowest BCUT2D eigenvalue weighted by Gasteiger charge is -2.07. The highest BCUT2D eigenvalue weighted by molar-refractivity contribution is 7.99. The van der Waals surface area contributed by atoms with E-state index in [1.54, 1.807) is 6.92 Å². The van der Waals surface area contributed by atoms with E-state index in [1.807, 2.05) is 36.4 Å². The molecule has 0 atom stereocenters. The van der Waals surface area contributed by atoms with Gasteiger partial charge >= 0.3 is 5.97 Å². The summed E-state index contributed by atoms with van der Waals surface area (Å²) in [4.78, 5) is 28.8. The Balaban J connectivity index is 1.28. The summed E-state index contributed by atoms with van der Waals surface area (Å²) in [5.41, 5.74) is 3.76. The number of fused-ring (bicyclic) bond motifs is 3. The highest BCUT2D eigenvalue weighted by Crippen LogP contribution is 2.27. The molecule has 3 aromatic heterocycles. The van der Waals surface area contributed by atoms with Gasteiger partial charge in [-0.2, -0.15) is 0 Å². The first-order valence-electron chi connectivity index (χ1n) is 11.7. The second kappa shape index (κ2) is 11.4. The number of thioether (sulfide) groups is 1. The lowest BCUT2D eigenvalue weighted by Crippen LogP contribution is -2.14. The molecule has 0 aliphatic rings. The number of esters is 1. The maximum atomic E-state index is 12.5. The van der Waals surface area contributed by atoms with Crippen LogP contribution in [-0.2, 0) is 33.7 Å². The van der Waals surface area contributed by atoms with Gasteiger partial charge in [0.05, 0.1) is 24.3 Å². The minimum absolute atomic E-state index is 0.0217. The van der Waals surface area contributed by atoms with Crippen molar-refractivity contribution in [2.45, 2.75) is 31.5 Å². The lowest BCUT2D eigenvalue weighted by molar-refractivity contribution is -0.142. The molecule has 12 heteroatoms. The summed E-state index contributed by atoms with van der Waals surface area (Å²) >= 11 is 2.33. The molecular weight excluding hydrogens is 510 g/mol. The van der Waals surface area contributed by atoms with Gasteiger partial charge in [0.25, 0.3) is 0 Å². The topological polar surface area (TPSA) is 125 Å². The summed E-state index contributed by atoms with van der Waals surface area (Å²) in [5, 5.41) is 21.4. The zero-order chi connectivity index (χ0) is 25.6. The van der Waals surface area contributed by atoms with Gasteiger partial charge in [0, 0.05) is 11.9 Å². The molecular formula is C25H23N7O3S2. The molecule has 0 radical (unpaired) electrons. The zero-order valence-corrected chi connectivity index (χ0v) is 21.6. The van der Waals surface area contributed by atoms with E-state index in [1.165, 1.54) is 17.3 Å². The second-order valence-corrected chi connectivity index (χ2v) is 10.00. The van der Waals surface area contributed by atoms with Gasteiger partial charge in [0.15, 0.2) is 5.65 Å². The summed E-state index contributed by atoms with van der Waals surface area (Å²) in [5.74, 6) is -0.588. The minimum atomic E-state index is -0.381. The Bertz CT molecular complexity index is 1550. The molecule has 0 spiro atoms. The van der Waals surface area contributed by atoms with Crippen molar-refractivity contribution in [3.63, 3.8) is 0 Å². The number of rotatable bonds is 10. The summed E-state index contributed by atoms with van der Waals surface area (Å²) in [7, 11) is 0. The third-order valence-corrected chi connectivity index (χ3v) is 7.14. The van der Waals surface area contributed by atoms with Crippen molar-refractivity contribution < 1.29 is 14.3 Å². The van der Waals surface area contributed by atoms with Gasteiger partial charge in [-0.15, -0.1) is 20.4 Å². The number of nitrogens with one attached hydrogen (secondary N) is 1. The SMILES string of the molecule is CCOC(=O)Cc1nnc(NC(=O)CSc2nnc3c4ccccc4n(CCc4ccccc4)c3n2)s1. The maximum Gasteiger partial charge on any atom is 0.312 e. The number of hydrogen-bond acceptors (Lipinski definition) is 10. The third-order valence-electron chi connectivity index (χ3n) is 5.47. The molecule has 0 bridgehead atoms. The van der Waals surface area contributed by atoms with E-state index in [0.29, 0.717) is 21.9 Å². The highest BCUT2D eigenvalue weighted by atomic mass is 32.2. The number of nitrogens with zero attached hydrogens (tertiary/aromatic N) is 6. The van der Waals surface area contributed by atoms with Crippen LogP contribution in [0.2, 0.25) is 0 Å². The molecule has 5 rings (SSSR count). The van der Waals surface area contributed by atoms with Crippen LogP contribution in [0.1, 0.15) is 17.5 Å². The third kappa shape index (κ3) is 5.92. The number of aryl methyl sites for hydroxylation is 2. The van der Waals surface area contributed by atoms with Crippen molar-refractivity contribution in [2.75, 3.05) is 17.7 Å². The monoisotopic (exact) mass is 533 g/mol. The van der Waals surface area contributed by atoms with Crippen molar-refractivity contribution in [3.05, 3.63) is 65.2 Å². The van der Waals surface area contributed by atoms with Crippen LogP contribution in [0.5, 0.6) is 0 Å². The van der Waals surface area contributed by atoms with Gasteiger partial charge in [0.1, 0.15) is 10.5 Å². The van der Waals surface area contributed by atoms with Crippen molar-refractivity contribution in [2.24, 2.45) is 0 Å². The number of amides is 1. The number of hydrogen-bond donors (Lipinski definition) is 1. The Labute approximate surface area is 220 Å². The number of carbonyl (C=O) groups is 2. The van der Waals surface area contributed by atoms with E-state index in [4.69, 9.17) is 9.72 Å². The van der Waals surface area contributed by atoms with Crippen molar-refractivity contribution in [1.82, 2.24) is 29.9 Å². The second-order valence-electron chi connectivity index (χ2n) is 7.99. The van der Waals surface area contributed by atoms with Crippen molar-refractivity contribution >= 4 is 62.2 Å². The molecule has 1 N–H and O–H groups in total. The Morgan fingerprint density at radius 2 is 1.84 bits per heavy atom. The van der Waals surface area contributed by atoms with Crippen LogP contribution in [0.15, 0.2) is 59.8 Å². The van der Waals surface area contributed by atoms with Crippen LogP contribution in [0.4, 0.5) is 5.13 Å². The average Bonchev–Trinajstić information content (AvgIpc) is 3.48. The number of ether oxygens (including phenoxy) is 1. The molecule has 37 heavy (non-hydrogen) atoms.